The Hall–Kier alpha value is -1.92. The average Bonchev–Trinajstić information content (AvgIpc) is 3.72. The van der Waals surface area contributed by atoms with Crippen molar-refractivity contribution >= 4 is 11.8 Å². The van der Waals surface area contributed by atoms with Gasteiger partial charge in [-0.25, -0.2) is 0 Å². The molecular formula is C29H46N4O2. The number of benzene rings is 1. The highest BCUT2D eigenvalue weighted by atomic mass is 16.2. The smallest absolute Gasteiger partial charge is 0.242 e. The number of carbonyl (C=O) groups excluding carboxylic acids is 2. The van der Waals surface area contributed by atoms with Crippen molar-refractivity contribution in [2.24, 2.45) is 29.4 Å². The number of nitrogens with one attached hydrogen (secondary N) is 1. The predicted molar refractivity (Wildman–Crippen MR) is 140 cm³/mol. The quantitative estimate of drug-likeness (QED) is 0.532. The van der Waals surface area contributed by atoms with Crippen LogP contribution in [0.5, 0.6) is 0 Å². The van der Waals surface area contributed by atoms with Crippen molar-refractivity contribution < 1.29 is 9.59 Å². The van der Waals surface area contributed by atoms with Crippen LogP contribution in [0.4, 0.5) is 0 Å². The first-order valence-corrected chi connectivity index (χ1v) is 14.0. The summed E-state index contributed by atoms with van der Waals surface area (Å²) in [5.74, 6) is 2.01. The number of carbonyl (C=O) groups is 2. The molecular weight excluding hydrogens is 436 g/mol. The zero-order chi connectivity index (χ0) is 24.8. The van der Waals surface area contributed by atoms with Crippen LogP contribution in [0.15, 0.2) is 30.3 Å². The molecule has 2 aliphatic carbocycles. The van der Waals surface area contributed by atoms with Crippen LogP contribution >= 0.6 is 0 Å². The lowest BCUT2D eigenvalue weighted by Gasteiger charge is -2.43. The lowest BCUT2D eigenvalue weighted by molar-refractivity contribution is -0.145. The molecule has 1 saturated heterocycles. The SMILES string of the molecule is CC(C)CN(Cc1ccccc1)C1CCN(C(=O)C2CC2)[C@@H](C(=O)NCC2CCCC(CN)C2)C1. The van der Waals surface area contributed by atoms with Crippen LogP contribution in [0.2, 0.25) is 0 Å². The fraction of sp³-hybridized carbons (Fsp3) is 0.724. The lowest BCUT2D eigenvalue weighted by atomic mass is 9.81. The summed E-state index contributed by atoms with van der Waals surface area (Å²) < 4.78 is 0. The minimum absolute atomic E-state index is 0.0442. The number of nitrogens with zero attached hydrogens (tertiary/aromatic N) is 2. The van der Waals surface area contributed by atoms with E-state index >= 15 is 0 Å². The monoisotopic (exact) mass is 482 g/mol. The predicted octanol–water partition coefficient (Wildman–Crippen LogP) is 3.80. The number of nitrogens with two attached hydrogens (primary N) is 1. The molecule has 1 heterocycles. The summed E-state index contributed by atoms with van der Waals surface area (Å²) in [6.07, 6.45) is 8.28. The van der Waals surface area contributed by atoms with Gasteiger partial charge in [-0.15, -0.1) is 0 Å². The maximum absolute atomic E-state index is 13.6. The van der Waals surface area contributed by atoms with Crippen LogP contribution in [-0.2, 0) is 16.1 Å². The molecule has 1 aromatic rings. The summed E-state index contributed by atoms with van der Waals surface area (Å²) in [6, 6.07) is 10.5. The van der Waals surface area contributed by atoms with Crippen LogP contribution < -0.4 is 11.1 Å². The van der Waals surface area contributed by atoms with Crippen LogP contribution in [0.25, 0.3) is 0 Å². The highest BCUT2D eigenvalue weighted by Gasteiger charge is 2.43. The Morgan fingerprint density at radius 3 is 2.49 bits per heavy atom. The van der Waals surface area contributed by atoms with Gasteiger partial charge in [0.15, 0.2) is 0 Å². The van der Waals surface area contributed by atoms with E-state index in [-0.39, 0.29) is 23.8 Å². The molecule has 2 saturated carbocycles. The van der Waals surface area contributed by atoms with Crippen molar-refractivity contribution in [1.82, 2.24) is 15.1 Å². The van der Waals surface area contributed by atoms with Crippen molar-refractivity contribution in [3.63, 3.8) is 0 Å². The molecule has 3 aliphatic rings. The van der Waals surface area contributed by atoms with Crippen molar-refractivity contribution in [3.05, 3.63) is 35.9 Å². The molecule has 6 nitrogen and oxygen atoms in total. The fourth-order valence-electron chi connectivity index (χ4n) is 6.15. The largest absolute Gasteiger partial charge is 0.354 e. The Kier molecular flexibility index (Phi) is 9.23. The Morgan fingerprint density at radius 2 is 1.80 bits per heavy atom. The molecule has 3 fully saturated rings. The zero-order valence-corrected chi connectivity index (χ0v) is 21.8. The van der Waals surface area contributed by atoms with Gasteiger partial charge in [0.1, 0.15) is 6.04 Å². The number of hydrogen-bond donors (Lipinski definition) is 2. The van der Waals surface area contributed by atoms with Crippen LogP contribution in [0, 0.1) is 23.7 Å². The number of amides is 2. The third kappa shape index (κ3) is 7.29. The highest BCUT2D eigenvalue weighted by Crippen LogP contribution is 2.34. The first kappa shape index (κ1) is 26.2. The molecule has 2 amide bonds. The Balaban J connectivity index is 1.44. The standard InChI is InChI=1S/C29H46N4O2/c1-21(2)19-32(20-22-7-4-3-5-8-22)26-13-14-33(29(35)25-11-12-25)27(16-26)28(34)31-18-24-10-6-9-23(15-24)17-30/h3-5,7-8,21,23-27H,6,9-20,30H2,1-2H3,(H,31,34)/t23?,24?,26?,27-/m1/s1. The van der Waals surface area contributed by atoms with E-state index in [0.29, 0.717) is 36.9 Å². The van der Waals surface area contributed by atoms with Gasteiger partial charge in [0.05, 0.1) is 0 Å². The number of piperidine rings is 1. The normalized spacial score (nSPS) is 27.3. The number of likely N-dealkylation sites (tertiary alicyclic amines) is 1. The van der Waals surface area contributed by atoms with Gasteiger partial charge in [-0.05, 0) is 74.8 Å². The van der Waals surface area contributed by atoms with Gasteiger partial charge in [0, 0.05) is 38.1 Å². The van der Waals surface area contributed by atoms with Gasteiger partial charge in [0.25, 0.3) is 0 Å². The molecule has 0 spiro atoms. The van der Waals surface area contributed by atoms with Gasteiger partial charge in [-0.3, -0.25) is 14.5 Å². The van der Waals surface area contributed by atoms with Crippen LogP contribution in [-0.4, -0.2) is 59.9 Å². The van der Waals surface area contributed by atoms with E-state index in [4.69, 9.17) is 5.73 Å². The molecule has 194 valence electrons. The Bertz CT molecular complexity index is 825. The Morgan fingerprint density at radius 1 is 1.06 bits per heavy atom. The molecule has 0 radical (unpaired) electrons. The molecule has 4 atom stereocenters. The highest BCUT2D eigenvalue weighted by molar-refractivity contribution is 5.89. The molecule has 1 aromatic carbocycles. The summed E-state index contributed by atoms with van der Waals surface area (Å²) in [6.45, 7) is 8.52. The second-order valence-electron chi connectivity index (χ2n) is 11.7. The van der Waals surface area contributed by atoms with Gasteiger partial charge < -0.3 is 16.0 Å². The second-order valence-corrected chi connectivity index (χ2v) is 11.7. The molecule has 0 bridgehead atoms. The summed E-state index contributed by atoms with van der Waals surface area (Å²) in [5, 5.41) is 3.27. The number of rotatable bonds is 10. The molecule has 3 N–H and O–H groups in total. The second kappa shape index (κ2) is 12.4. The van der Waals surface area contributed by atoms with E-state index in [1.54, 1.807) is 0 Å². The molecule has 0 aromatic heterocycles. The topological polar surface area (TPSA) is 78.7 Å². The summed E-state index contributed by atoms with van der Waals surface area (Å²) in [7, 11) is 0. The van der Waals surface area contributed by atoms with Gasteiger partial charge in [-0.2, -0.15) is 0 Å². The minimum Gasteiger partial charge on any atom is -0.354 e. The van der Waals surface area contributed by atoms with Crippen molar-refractivity contribution in [2.45, 2.75) is 83.8 Å². The average molecular weight is 483 g/mol. The zero-order valence-electron chi connectivity index (χ0n) is 21.8. The van der Waals surface area contributed by atoms with Crippen LogP contribution in [0.3, 0.4) is 0 Å². The van der Waals surface area contributed by atoms with Crippen molar-refractivity contribution in [2.75, 3.05) is 26.2 Å². The Labute approximate surface area is 212 Å². The molecule has 1 aliphatic heterocycles. The van der Waals surface area contributed by atoms with E-state index in [2.05, 4.69) is 54.4 Å². The first-order chi connectivity index (χ1) is 16.9. The van der Waals surface area contributed by atoms with E-state index in [9.17, 15) is 9.59 Å². The summed E-state index contributed by atoms with van der Waals surface area (Å²) in [4.78, 5) is 31.1. The van der Waals surface area contributed by atoms with Crippen molar-refractivity contribution in [3.8, 4) is 0 Å². The first-order valence-electron chi connectivity index (χ1n) is 14.0. The van der Waals surface area contributed by atoms with E-state index in [1.165, 1.54) is 18.4 Å². The minimum atomic E-state index is -0.360. The van der Waals surface area contributed by atoms with E-state index in [1.807, 2.05) is 4.90 Å². The van der Waals surface area contributed by atoms with Crippen molar-refractivity contribution in [1.29, 1.82) is 0 Å². The lowest BCUT2D eigenvalue weighted by Crippen LogP contribution is -2.58. The molecule has 3 unspecified atom stereocenters. The van der Waals surface area contributed by atoms with Gasteiger partial charge in [-0.1, -0.05) is 50.6 Å². The maximum atomic E-state index is 13.6. The summed E-state index contributed by atoms with van der Waals surface area (Å²) >= 11 is 0. The molecule has 6 heteroatoms. The maximum Gasteiger partial charge on any atom is 0.242 e. The summed E-state index contributed by atoms with van der Waals surface area (Å²) in [5.41, 5.74) is 7.22. The van der Waals surface area contributed by atoms with Gasteiger partial charge >= 0.3 is 0 Å². The number of hydrogen-bond acceptors (Lipinski definition) is 4. The third-order valence-corrected chi connectivity index (χ3v) is 8.22. The van der Waals surface area contributed by atoms with E-state index in [0.717, 1.165) is 58.2 Å². The van der Waals surface area contributed by atoms with Gasteiger partial charge in [0.2, 0.25) is 11.8 Å². The molecule has 4 rings (SSSR count). The van der Waals surface area contributed by atoms with Crippen LogP contribution in [0.1, 0.15) is 70.8 Å². The third-order valence-electron chi connectivity index (χ3n) is 8.22. The molecule has 35 heavy (non-hydrogen) atoms. The fourth-order valence-corrected chi connectivity index (χ4v) is 6.15. The van der Waals surface area contributed by atoms with E-state index < -0.39 is 0 Å².